The van der Waals surface area contributed by atoms with Crippen molar-refractivity contribution in [3.05, 3.63) is 12.7 Å². The Morgan fingerprint density at radius 3 is 2.58 bits per heavy atom. The first-order valence-electron chi connectivity index (χ1n) is 4.12. The molecule has 0 radical (unpaired) electrons. The summed E-state index contributed by atoms with van der Waals surface area (Å²) >= 11 is 12.1. The van der Waals surface area contributed by atoms with Crippen molar-refractivity contribution in [1.82, 2.24) is 0 Å². The molecule has 1 aliphatic carbocycles. The average Bonchev–Trinajstić information content (AvgIpc) is 2.03. The molecule has 1 aliphatic rings. The maximum absolute atomic E-state index is 6.09. The van der Waals surface area contributed by atoms with Gasteiger partial charge in [0.05, 0.1) is 11.5 Å². The SMILES string of the molecule is C=CC1CC(Cl)CC(Cl)C1OC. The minimum Gasteiger partial charge on any atom is -0.379 e. The molecule has 0 N–H and O–H groups in total. The van der Waals surface area contributed by atoms with E-state index in [1.54, 1.807) is 7.11 Å². The second-order valence-corrected chi connectivity index (χ2v) is 4.36. The van der Waals surface area contributed by atoms with E-state index in [-0.39, 0.29) is 16.9 Å². The number of ether oxygens (including phenoxy) is 1. The fourth-order valence-electron chi connectivity index (χ4n) is 1.73. The van der Waals surface area contributed by atoms with Crippen molar-refractivity contribution in [3.8, 4) is 0 Å². The van der Waals surface area contributed by atoms with Gasteiger partial charge in [-0.15, -0.1) is 29.8 Å². The van der Waals surface area contributed by atoms with E-state index in [9.17, 15) is 0 Å². The van der Waals surface area contributed by atoms with Crippen LogP contribution in [0.4, 0.5) is 0 Å². The fraction of sp³-hybridized carbons (Fsp3) is 0.778. The van der Waals surface area contributed by atoms with Gasteiger partial charge in [-0.2, -0.15) is 0 Å². The highest BCUT2D eigenvalue weighted by atomic mass is 35.5. The van der Waals surface area contributed by atoms with E-state index in [2.05, 4.69) is 6.58 Å². The van der Waals surface area contributed by atoms with E-state index in [0.29, 0.717) is 5.92 Å². The average molecular weight is 209 g/mol. The smallest absolute Gasteiger partial charge is 0.0798 e. The van der Waals surface area contributed by atoms with Crippen molar-refractivity contribution in [3.63, 3.8) is 0 Å². The molecule has 0 aromatic carbocycles. The molecular formula is C9H14Cl2O. The molecule has 0 saturated heterocycles. The molecule has 1 rings (SSSR count). The lowest BCUT2D eigenvalue weighted by atomic mass is 9.86. The molecular weight excluding hydrogens is 195 g/mol. The maximum Gasteiger partial charge on any atom is 0.0798 e. The highest BCUT2D eigenvalue weighted by Crippen LogP contribution is 2.33. The van der Waals surface area contributed by atoms with Gasteiger partial charge in [-0.3, -0.25) is 0 Å². The third-order valence-corrected chi connectivity index (χ3v) is 3.15. The zero-order valence-corrected chi connectivity index (χ0v) is 8.68. The van der Waals surface area contributed by atoms with Crippen molar-refractivity contribution in [2.24, 2.45) is 5.92 Å². The van der Waals surface area contributed by atoms with Crippen LogP contribution in [0.2, 0.25) is 0 Å². The van der Waals surface area contributed by atoms with Crippen LogP contribution in [0, 0.1) is 5.92 Å². The number of methoxy groups -OCH3 is 1. The summed E-state index contributed by atoms with van der Waals surface area (Å²) in [6.45, 7) is 3.75. The summed E-state index contributed by atoms with van der Waals surface area (Å²) in [5.41, 5.74) is 0. The Hall–Kier alpha value is 0.280. The Morgan fingerprint density at radius 2 is 2.08 bits per heavy atom. The van der Waals surface area contributed by atoms with E-state index in [1.165, 1.54) is 0 Å². The molecule has 0 aromatic heterocycles. The van der Waals surface area contributed by atoms with Crippen LogP contribution in [0.5, 0.6) is 0 Å². The lowest BCUT2D eigenvalue weighted by molar-refractivity contribution is 0.0461. The molecule has 0 aromatic rings. The first kappa shape index (κ1) is 10.4. The molecule has 0 bridgehead atoms. The van der Waals surface area contributed by atoms with E-state index in [4.69, 9.17) is 27.9 Å². The van der Waals surface area contributed by atoms with E-state index in [0.717, 1.165) is 12.8 Å². The Bertz CT molecular complexity index is 161. The van der Waals surface area contributed by atoms with Crippen molar-refractivity contribution in [1.29, 1.82) is 0 Å². The monoisotopic (exact) mass is 208 g/mol. The predicted molar refractivity (Wildman–Crippen MR) is 53.0 cm³/mol. The number of hydrogen-bond donors (Lipinski definition) is 0. The van der Waals surface area contributed by atoms with Crippen LogP contribution in [0.25, 0.3) is 0 Å². The van der Waals surface area contributed by atoms with Crippen LogP contribution < -0.4 is 0 Å². The third-order valence-electron chi connectivity index (χ3n) is 2.36. The molecule has 1 saturated carbocycles. The Labute approximate surface area is 83.7 Å². The molecule has 3 heteroatoms. The summed E-state index contributed by atoms with van der Waals surface area (Å²) in [5, 5.41) is 0.191. The summed E-state index contributed by atoms with van der Waals surface area (Å²) in [4.78, 5) is 0. The number of alkyl halides is 2. The summed E-state index contributed by atoms with van der Waals surface area (Å²) in [6.07, 6.45) is 3.72. The summed E-state index contributed by atoms with van der Waals surface area (Å²) in [5.74, 6) is 0.300. The van der Waals surface area contributed by atoms with Gasteiger partial charge in [0.2, 0.25) is 0 Å². The topological polar surface area (TPSA) is 9.23 Å². The first-order valence-corrected chi connectivity index (χ1v) is 4.99. The van der Waals surface area contributed by atoms with E-state index >= 15 is 0 Å². The van der Waals surface area contributed by atoms with Gasteiger partial charge >= 0.3 is 0 Å². The Kier molecular flexibility index (Phi) is 3.88. The lowest BCUT2D eigenvalue weighted by Gasteiger charge is -2.34. The molecule has 1 fully saturated rings. The minimum atomic E-state index is 0.0225. The van der Waals surface area contributed by atoms with Gasteiger partial charge in [0.1, 0.15) is 0 Å². The number of rotatable bonds is 2. The quantitative estimate of drug-likeness (QED) is 0.502. The molecule has 70 valence electrons. The van der Waals surface area contributed by atoms with Gasteiger partial charge in [0.15, 0.2) is 0 Å². The van der Waals surface area contributed by atoms with Crippen molar-refractivity contribution < 1.29 is 4.74 Å². The first-order chi connectivity index (χ1) is 5.69. The second kappa shape index (κ2) is 4.50. The largest absolute Gasteiger partial charge is 0.379 e. The minimum absolute atomic E-state index is 0.0225. The predicted octanol–water partition coefficient (Wildman–Crippen LogP) is 2.81. The zero-order valence-electron chi connectivity index (χ0n) is 7.17. The van der Waals surface area contributed by atoms with Crippen LogP contribution in [0.1, 0.15) is 12.8 Å². The van der Waals surface area contributed by atoms with Gasteiger partial charge in [0, 0.05) is 18.4 Å². The molecule has 4 unspecified atom stereocenters. The van der Waals surface area contributed by atoms with Gasteiger partial charge in [-0.05, 0) is 12.8 Å². The standard InChI is InChI=1S/C9H14Cl2O/c1-3-6-4-7(10)5-8(11)9(6)12-2/h3,6-9H,1,4-5H2,2H3. The molecule has 0 spiro atoms. The highest BCUT2D eigenvalue weighted by Gasteiger charge is 2.34. The van der Waals surface area contributed by atoms with Crippen LogP contribution in [-0.2, 0) is 4.74 Å². The molecule has 0 aliphatic heterocycles. The summed E-state index contributed by atoms with van der Waals surface area (Å²) < 4.78 is 5.29. The van der Waals surface area contributed by atoms with Gasteiger partial charge in [-0.25, -0.2) is 0 Å². The fourth-order valence-corrected chi connectivity index (χ4v) is 2.72. The number of halogens is 2. The van der Waals surface area contributed by atoms with Gasteiger partial charge in [-0.1, -0.05) is 6.08 Å². The highest BCUT2D eigenvalue weighted by molar-refractivity contribution is 6.24. The Morgan fingerprint density at radius 1 is 1.42 bits per heavy atom. The summed E-state index contributed by atoms with van der Waals surface area (Å²) in [6, 6.07) is 0. The zero-order chi connectivity index (χ0) is 9.14. The third kappa shape index (κ3) is 2.15. The lowest BCUT2D eigenvalue weighted by Crippen LogP contribution is -2.38. The van der Waals surface area contributed by atoms with Crippen LogP contribution in [0.3, 0.4) is 0 Å². The van der Waals surface area contributed by atoms with Crippen molar-refractivity contribution >= 4 is 23.2 Å². The van der Waals surface area contributed by atoms with Crippen LogP contribution in [0.15, 0.2) is 12.7 Å². The van der Waals surface area contributed by atoms with E-state index < -0.39 is 0 Å². The van der Waals surface area contributed by atoms with Crippen molar-refractivity contribution in [2.45, 2.75) is 29.7 Å². The molecule has 0 heterocycles. The second-order valence-electron chi connectivity index (χ2n) is 3.18. The molecule has 1 nitrogen and oxygen atoms in total. The molecule has 4 atom stereocenters. The normalized spacial score (nSPS) is 42.6. The Balaban J connectivity index is 2.62. The molecule has 0 amide bonds. The van der Waals surface area contributed by atoms with Crippen molar-refractivity contribution in [2.75, 3.05) is 7.11 Å². The number of hydrogen-bond acceptors (Lipinski definition) is 1. The summed E-state index contributed by atoms with van der Waals surface area (Å²) in [7, 11) is 1.69. The maximum atomic E-state index is 6.09. The van der Waals surface area contributed by atoms with E-state index in [1.807, 2.05) is 6.08 Å². The van der Waals surface area contributed by atoms with Crippen LogP contribution in [-0.4, -0.2) is 24.0 Å². The van der Waals surface area contributed by atoms with Gasteiger partial charge < -0.3 is 4.74 Å². The van der Waals surface area contributed by atoms with Gasteiger partial charge in [0.25, 0.3) is 0 Å². The van der Waals surface area contributed by atoms with Crippen LogP contribution >= 0.6 is 23.2 Å². The molecule has 12 heavy (non-hydrogen) atoms.